The molecule has 1 aliphatic rings. The van der Waals surface area contributed by atoms with Crippen LogP contribution < -0.4 is 4.74 Å². The van der Waals surface area contributed by atoms with Crippen molar-refractivity contribution in [2.75, 3.05) is 14.2 Å². The van der Waals surface area contributed by atoms with Crippen LogP contribution >= 0.6 is 0 Å². The molecule has 1 aromatic carbocycles. The number of aryl methyl sites for hydroxylation is 2. The SMILES string of the molecule is COC1=CC(=O)C(CCc2cc(C)c(C)c(OC)c2)=CC1=O. The second kappa shape index (κ2) is 6.60. The van der Waals surface area contributed by atoms with E-state index in [0.717, 1.165) is 22.4 Å². The van der Waals surface area contributed by atoms with Gasteiger partial charge in [0.2, 0.25) is 5.78 Å². The fourth-order valence-electron chi connectivity index (χ4n) is 2.47. The van der Waals surface area contributed by atoms with Crippen molar-refractivity contribution in [1.82, 2.24) is 0 Å². The van der Waals surface area contributed by atoms with E-state index in [4.69, 9.17) is 9.47 Å². The zero-order valence-electron chi connectivity index (χ0n) is 13.4. The Morgan fingerprint density at radius 3 is 2.27 bits per heavy atom. The Labute approximate surface area is 130 Å². The third kappa shape index (κ3) is 3.27. The lowest BCUT2D eigenvalue weighted by molar-refractivity contribution is -0.117. The van der Waals surface area contributed by atoms with Gasteiger partial charge in [-0.3, -0.25) is 9.59 Å². The Kier molecular flexibility index (Phi) is 4.81. The second-order valence-electron chi connectivity index (χ2n) is 5.35. The van der Waals surface area contributed by atoms with Crippen LogP contribution in [0.2, 0.25) is 0 Å². The van der Waals surface area contributed by atoms with Gasteiger partial charge in [0.05, 0.1) is 14.2 Å². The summed E-state index contributed by atoms with van der Waals surface area (Å²) in [6.45, 7) is 4.05. The minimum atomic E-state index is -0.255. The molecule has 0 N–H and O–H groups in total. The molecule has 1 aromatic rings. The lowest BCUT2D eigenvalue weighted by Crippen LogP contribution is -2.14. The molecule has 22 heavy (non-hydrogen) atoms. The first-order valence-electron chi connectivity index (χ1n) is 7.15. The molecule has 0 unspecified atom stereocenters. The molecule has 4 heteroatoms. The van der Waals surface area contributed by atoms with Gasteiger partial charge < -0.3 is 9.47 Å². The third-order valence-corrected chi connectivity index (χ3v) is 3.93. The summed E-state index contributed by atoms with van der Waals surface area (Å²) in [4.78, 5) is 23.7. The highest BCUT2D eigenvalue weighted by molar-refractivity contribution is 6.19. The first kappa shape index (κ1) is 16.0. The van der Waals surface area contributed by atoms with E-state index in [0.29, 0.717) is 18.4 Å². The van der Waals surface area contributed by atoms with Crippen LogP contribution in [0.3, 0.4) is 0 Å². The molecular formula is C18H20O4. The summed E-state index contributed by atoms with van der Waals surface area (Å²) in [7, 11) is 3.03. The van der Waals surface area contributed by atoms with E-state index >= 15 is 0 Å². The maximum Gasteiger partial charge on any atom is 0.220 e. The molecule has 0 fully saturated rings. The quantitative estimate of drug-likeness (QED) is 0.785. The van der Waals surface area contributed by atoms with Crippen molar-refractivity contribution >= 4 is 11.6 Å². The van der Waals surface area contributed by atoms with Crippen molar-refractivity contribution in [2.24, 2.45) is 0 Å². The fourth-order valence-corrected chi connectivity index (χ4v) is 2.47. The van der Waals surface area contributed by atoms with Crippen molar-refractivity contribution in [3.63, 3.8) is 0 Å². The van der Waals surface area contributed by atoms with Crippen molar-refractivity contribution in [2.45, 2.75) is 26.7 Å². The van der Waals surface area contributed by atoms with Crippen LogP contribution in [0.15, 0.2) is 35.6 Å². The van der Waals surface area contributed by atoms with E-state index in [1.54, 1.807) is 7.11 Å². The normalized spacial score (nSPS) is 14.5. The van der Waals surface area contributed by atoms with Crippen molar-refractivity contribution in [3.05, 3.63) is 52.3 Å². The van der Waals surface area contributed by atoms with Gasteiger partial charge in [0.15, 0.2) is 11.5 Å². The van der Waals surface area contributed by atoms with Gasteiger partial charge in [0.1, 0.15) is 5.75 Å². The number of benzene rings is 1. The standard InChI is InChI=1S/C18H20O4/c1-11-7-13(8-17(21-3)12(11)2)5-6-14-9-16(20)18(22-4)10-15(14)19/h7-10H,5-6H2,1-4H3. The molecule has 0 bridgehead atoms. The fraction of sp³-hybridized carbons (Fsp3) is 0.333. The van der Waals surface area contributed by atoms with Crippen LogP contribution in [0.25, 0.3) is 0 Å². The lowest BCUT2D eigenvalue weighted by atomic mass is 9.94. The Morgan fingerprint density at radius 1 is 0.909 bits per heavy atom. The first-order chi connectivity index (χ1) is 10.5. The molecule has 116 valence electrons. The summed E-state index contributed by atoms with van der Waals surface area (Å²) in [6.07, 6.45) is 3.83. The Balaban J connectivity index is 2.13. The number of methoxy groups -OCH3 is 2. The highest BCUT2D eigenvalue weighted by atomic mass is 16.5. The number of rotatable bonds is 5. The van der Waals surface area contributed by atoms with E-state index in [9.17, 15) is 9.59 Å². The second-order valence-corrected chi connectivity index (χ2v) is 5.35. The van der Waals surface area contributed by atoms with E-state index in [-0.39, 0.29) is 17.3 Å². The van der Waals surface area contributed by atoms with Gasteiger partial charge in [-0.25, -0.2) is 0 Å². The van der Waals surface area contributed by atoms with Gasteiger partial charge in [-0.05, 0) is 55.5 Å². The molecule has 1 aliphatic carbocycles. The van der Waals surface area contributed by atoms with Gasteiger partial charge in [-0.1, -0.05) is 6.07 Å². The van der Waals surface area contributed by atoms with Gasteiger partial charge in [-0.15, -0.1) is 0 Å². The van der Waals surface area contributed by atoms with Gasteiger partial charge in [0, 0.05) is 11.6 Å². The monoisotopic (exact) mass is 300 g/mol. The van der Waals surface area contributed by atoms with Crippen LogP contribution in [0.4, 0.5) is 0 Å². The maximum absolute atomic E-state index is 12.0. The number of ketones is 2. The molecular weight excluding hydrogens is 280 g/mol. The highest BCUT2D eigenvalue weighted by Crippen LogP contribution is 2.25. The molecule has 0 aromatic heterocycles. The van der Waals surface area contributed by atoms with Gasteiger partial charge in [-0.2, -0.15) is 0 Å². The zero-order valence-corrected chi connectivity index (χ0v) is 13.4. The highest BCUT2D eigenvalue weighted by Gasteiger charge is 2.20. The predicted octanol–water partition coefficient (Wildman–Crippen LogP) is 2.85. The van der Waals surface area contributed by atoms with Crippen molar-refractivity contribution in [1.29, 1.82) is 0 Å². The van der Waals surface area contributed by atoms with Crippen LogP contribution in [-0.2, 0) is 20.7 Å². The van der Waals surface area contributed by atoms with Gasteiger partial charge >= 0.3 is 0 Å². The Hall–Kier alpha value is -2.36. The molecule has 4 nitrogen and oxygen atoms in total. The number of hydrogen-bond donors (Lipinski definition) is 0. The smallest absolute Gasteiger partial charge is 0.220 e. The molecule has 0 aliphatic heterocycles. The summed E-state index contributed by atoms with van der Waals surface area (Å²) >= 11 is 0. The average Bonchev–Trinajstić information content (AvgIpc) is 2.50. The minimum Gasteiger partial charge on any atom is -0.496 e. The summed E-state index contributed by atoms with van der Waals surface area (Å²) in [5.74, 6) is 0.528. The van der Waals surface area contributed by atoms with Crippen LogP contribution in [0.5, 0.6) is 5.75 Å². The summed E-state index contributed by atoms with van der Waals surface area (Å²) in [5, 5.41) is 0. The van der Waals surface area contributed by atoms with Crippen molar-refractivity contribution in [3.8, 4) is 5.75 Å². The van der Waals surface area contributed by atoms with Crippen LogP contribution in [-0.4, -0.2) is 25.8 Å². The first-order valence-corrected chi connectivity index (χ1v) is 7.15. The predicted molar refractivity (Wildman–Crippen MR) is 84.0 cm³/mol. The number of ether oxygens (including phenoxy) is 2. The van der Waals surface area contributed by atoms with Crippen LogP contribution in [0, 0.1) is 13.8 Å². The Bertz CT molecular complexity index is 681. The zero-order chi connectivity index (χ0) is 16.3. The van der Waals surface area contributed by atoms with Crippen molar-refractivity contribution < 1.29 is 19.1 Å². The number of carbonyl (C=O) groups is 2. The molecule has 0 radical (unpaired) electrons. The summed E-state index contributed by atoms with van der Waals surface area (Å²) < 4.78 is 10.2. The van der Waals surface area contributed by atoms with E-state index in [1.165, 1.54) is 19.3 Å². The molecule has 0 spiro atoms. The summed E-state index contributed by atoms with van der Waals surface area (Å²) in [6, 6.07) is 4.07. The third-order valence-electron chi connectivity index (χ3n) is 3.93. The summed E-state index contributed by atoms with van der Waals surface area (Å²) in [5.41, 5.74) is 3.86. The maximum atomic E-state index is 12.0. The molecule has 0 saturated heterocycles. The number of allylic oxidation sites excluding steroid dienone is 3. The number of hydrogen-bond acceptors (Lipinski definition) is 4. The molecule has 0 atom stereocenters. The molecule has 0 saturated carbocycles. The largest absolute Gasteiger partial charge is 0.496 e. The topological polar surface area (TPSA) is 52.6 Å². The minimum absolute atomic E-state index is 0.0987. The number of carbonyl (C=O) groups excluding carboxylic acids is 2. The average molecular weight is 300 g/mol. The van der Waals surface area contributed by atoms with Crippen LogP contribution in [0.1, 0.15) is 23.1 Å². The van der Waals surface area contributed by atoms with E-state index in [2.05, 4.69) is 6.07 Å². The van der Waals surface area contributed by atoms with Gasteiger partial charge in [0.25, 0.3) is 0 Å². The Morgan fingerprint density at radius 2 is 1.64 bits per heavy atom. The van der Waals surface area contributed by atoms with E-state index in [1.807, 2.05) is 19.9 Å². The van der Waals surface area contributed by atoms with E-state index < -0.39 is 0 Å². The molecule has 2 rings (SSSR count). The lowest BCUT2D eigenvalue weighted by Gasteiger charge is -2.13. The molecule has 0 heterocycles. The molecule has 0 amide bonds.